The van der Waals surface area contributed by atoms with Crippen LogP contribution >= 0.6 is 15.6 Å². The second kappa shape index (κ2) is 66.3. The number of phosphoric acid groups is 2. The van der Waals surface area contributed by atoms with E-state index < -0.39 is 97.5 Å². The largest absolute Gasteiger partial charge is 0.472 e. The second-order valence-electron chi connectivity index (χ2n) is 29.2. The SMILES string of the molecule is CCC(C)CCCCCCCCCCCCCCCCC(=O)OC[C@H](COP(=O)(O)OCC(O)COP(=O)(O)OC[C@@H](COC(=O)CCCCCCCCCC(C)C)OC(=O)CCCCCCCCCCCCCC(C)C)OC(=O)CCCCCCCCCCCCC(C)CC. The lowest BCUT2D eigenvalue weighted by molar-refractivity contribution is -0.161. The molecule has 3 N–H and O–H groups in total. The van der Waals surface area contributed by atoms with E-state index in [4.69, 9.17) is 37.0 Å². The Balaban J connectivity index is 5.25. The normalized spacial score (nSPS) is 14.7. The number of aliphatic hydroxyl groups excluding tert-OH is 1. The highest BCUT2D eigenvalue weighted by molar-refractivity contribution is 7.47. The molecule has 0 radical (unpaired) electrons. The number of rotatable bonds is 74. The summed E-state index contributed by atoms with van der Waals surface area (Å²) in [4.78, 5) is 72.9. The molecule has 0 saturated carbocycles. The fourth-order valence-corrected chi connectivity index (χ4v) is 13.2. The van der Waals surface area contributed by atoms with Crippen LogP contribution in [0.2, 0.25) is 0 Å². The number of hydrogen-bond donors (Lipinski definition) is 3. The molecule has 0 fully saturated rings. The van der Waals surface area contributed by atoms with E-state index in [1.807, 2.05) is 0 Å². The molecule has 0 aromatic heterocycles. The molecule has 0 aliphatic rings. The molecule has 0 amide bonds. The van der Waals surface area contributed by atoms with Gasteiger partial charge in [0.15, 0.2) is 12.2 Å². The van der Waals surface area contributed by atoms with E-state index in [1.165, 1.54) is 186 Å². The average molecular weight is 1410 g/mol. The number of unbranched alkanes of at least 4 members (excludes halogenated alkanes) is 38. The molecule has 0 spiro atoms. The number of esters is 4. The predicted molar refractivity (Wildman–Crippen MR) is 391 cm³/mol. The standard InChI is InChI=1S/C77H150O17P2/c1-9-69(7)55-47-39-31-23-17-13-11-12-14-18-25-33-41-49-57-74(79)87-63-72(93-77(82)60-52-44-35-27-21-20-24-32-40-48-56-70(8)10-2)65-91-95(83,84)89-61-71(78)62-90-96(85,86)92-66-73(64-88-75(80)58-50-42-36-28-30-38-46-54-68(5)6)94-76(81)59-51-43-34-26-19-15-16-22-29-37-45-53-67(3)4/h67-73,78H,9-66H2,1-8H3,(H,83,84)(H,85,86)/t69?,70?,71?,72-,73-/m1/s1. The third-order valence-electron chi connectivity index (χ3n) is 18.5. The van der Waals surface area contributed by atoms with Crippen molar-refractivity contribution in [1.82, 2.24) is 0 Å². The van der Waals surface area contributed by atoms with E-state index in [0.717, 1.165) is 114 Å². The van der Waals surface area contributed by atoms with Crippen LogP contribution < -0.4 is 0 Å². The molecule has 0 saturated heterocycles. The van der Waals surface area contributed by atoms with Crippen LogP contribution in [0.4, 0.5) is 0 Å². The van der Waals surface area contributed by atoms with Crippen LogP contribution in [0.5, 0.6) is 0 Å². The van der Waals surface area contributed by atoms with Gasteiger partial charge < -0.3 is 33.8 Å². The maximum absolute atomic E-state index is 13.1. The van der Waals surface area contributed by atoms with Crippen LogP contribution in [0, 0.1) is 23.7 Å². The fraction of sp³-hybridized carbons (Fsp3) is 0.948. The smallest absolute Gasteiger partial charge is 0.462 e. The van der Waals surface area contributed by atoms with Gasteiger partial charge in [0.05, 0.1) is 26.4 Å². The average Bonchev–Trinajstić information content (AvgIpc) is 1.26. The number of carbonyl (C=O) groups excluding carboxylic acids is 4. The van der Waals surface area contributed by atoms with Crippen LogP contribution in [0.3, 0.4) is 0 Å². The highest BCUT2D eigenvalue weighted by atomic mass is 31.2. The van der Waals surface area contributed by atoms with Gasteiger partial charge in [-0.15, -0.1) is 0 Å². The molecular formula is C77H150O17P2. The zero-order valence-corrected chi connectivity index (χ0v) is 64.8. The van der Waals surface area contributed by atoms with Gasteiger partial charge in [-0.2, -0.15) is 0 Å². The first-order valence-electron chi connectivity index (χ1n) is 39.8. The Labute approximate surface area is 588 Å². The van der Waals surface area contributed by atoms with Crippen molar-refractivity contribution in [2.45, 2.75) is 408 Å². The molecule has 0 heterocycles. The zero-order valence-electron chi connectivity index (χ0n) is 63.0. The number of ether oxygens (including phenoxy) is 4. The van der Waals surface area contributed by atoms with Crippen molar-refractivity contribution in [1.29, 1.82) is 0 Å². The molecule has 0 aliphatic carbocycles. The van der Waals surface area contributed by atoms with Gasteiger partial charge in [-0.05, 0) is 49.4 Å². The molecule has 0 aliphatic heterocycles. The van der Waals surface area contributed by atoms with Crippen molar-refractivity contribution in [3.63, 3.8) is 0 Å². The quantitative estimate of drug-likeness (QED) is 0.0222. The predicted octanol–water partition coefficient (Wildman–Crippen LogP) is 22.4. The molecule has 0 bridgehead atoms. The summed E-state index contributed by atoms with van der Waals surface area (Å²) in [5.74, 6) is 1.00. The Morgan fingerprint density at radius 1 is 0.292 bits per heavy atom. The summed E-state index contributed by atoms with van der Waals surface area (Å²) in [5.41, 5.74) is 0. The molecule has 0 aromatic carbocycles. The van der Waals surface area contributed by atoms with Crippen LogP contribution in [0.15, 0.2) is 0 Å². The molecule has 17 nitrogen and oxygen atoms in total. The number of phosphoric ester groups is 2. The lowest BCUT2D eigenvalue weighted by Gasteiger charge is -2.21. The Morgan fingerprint density at radius 2 is 0.500 bits per heavy atom. The third kappa shape index (κ3) is 67.9. The molecule has 7 atom stereocenters. The van der Waals surface area contributed by atoms with Crippen molar-refractivity contribution in [2.24, 2.45) is 23.7 Å². The van der Waals surface area contributed by atoms with Crippen molar-refractivity contribution >= 4 is 39.5 Å². The fourth-order valence-electron chi connectivity index (χ4n) is 11.7. The maximum atomic E-state index is 13.1. The van der Waals surface area contributed by atoms with Crippen LogP contribution in [0.25, 0.3) is 0 Å². The van der Waals surface area contributed by atoms with E-state index in [1.54, 1.807) is 0 Å². The molecular weight excluding hydrogens is 1260 g/mol. The van der Waals surface area contributed by atoms with Crippen molar-refractivity contribution in [3.8, 4) is 0 Å². The van der Waals surface area contributed by atoms with Crippen LogP contribution in [-0.4, -0.2) is 96.7 Å². The minimum atomic E-state index is -4.96. The summed E-state index contributed by atoms with van der Waals surface area (Å²) in [6.07, 6.45) is 51.2. The Kier molecular flexibility index (Phi) is 65.0. The van der Waals surface area contributed by atoms with Crippen molar-refractivity contribution in [3.05, 3.63) is 0 Å². The Bertz CT molecular complexity index is 1890. The molecule has 5 unspecified atom stereocenters. The van der Waals surface area contributed by atoms with E-state index in [0.29, 0.717) is 31.6 Å². The molecule has 570 valence electrons. The molecule has 0 rings (SSSR count). The van der Waals surface area contributed by atoms with Gasteiger partial charge in [0, 0.05) is 25.7 Å². The number of carbonyl (C=O) groups is 4. The second-order valence-corrected chi connectivity index (χ2v) is 32.1. The summed E-state index contributed by atoms with van der Waals surface area (Å²) in [5, 5.41) is 10.6. The molecule has 19 heteroatoms. The lowest BCUT2D eigenvalue weighted by Crippen LogP contribution is -2.30. The third-order valence-corrected chi connectivity index (χ3v) is 20.4. The maximum Gasteiger partial charge on any atom is 0.472 e. The Morgan fingerprint density at radius 3 is 0.740 bits per heavy atom. The van der Waals surface area contributed by atoms with E-state index in [-0.39, 0.29) is 25.7 Å². The van der Waals surface area contributed by atoms with E-state index >= 15 is 0 Å². The van der Waals surface area contributed by atoms with Gasteiger partial charge in [0.1, 0.15) is 19.3 Å². The highest BCUT2D eigenvalue weighted by Crippen LogP contribution is 2.45. The van der Waals surface area contributed by atoms with Gasteiger partial charge in [0.25, 0.3) is 0 Å². The van der Waals surface area contributed by atoms with Gasteiger partial charge in [-0.25, -0.2) is 9.13 Å². The summed E-state index contributed by atoms with van der Waals surface area (Å²) < 4.78 is 68.6. The first kappa shape index (κ1) is 94.1. The first-order chi connectivity index (χ1) is 46.2. The van der Waals surface area contributed by atoms with E-state index in [2.05, 4.69) is 55.4 Å². The minimum Gasteiger partial charge on any atom is -0.462 e. The zero-order chi connectivity index (χ0) is 71.0. The number of aliphatic hydroxyl groups is 1. The summed E-state index contributed by atoms with van der Waals surface area (Å²) >= 11 is 0. The summed E-state index contributed by atoms with van der Waals surface area (Å²) in [6, 6.07) is 0. The first-order valence-corrected chi connectivity index (χ1v) is 42.8. The van der Waals surface area contributed by atoms with Gasteiger partial charge in [-0.3, -0.25) is 37.3 Å². The van der Waals surface area contributed by atoms with Gasteiger partial charge >= 0.3 is 39.5 Å². The van der Waals surface area contributed by atoms with Crippen molar-refractivity contribution in [2.75, 3.05) is 39.6 Å². The highest BCUT2D eigenvalue weighted by Gasteiger charge is 2.30. The summed E-state index contributed by atoms with van der Waals surface area (Å²) in [6.45, 7) is 14.2. The van der Waals surface area contributed by atoms with Crippen LogP contribution in [-0.2, 0) is 65.4 Å². The van der Waals surface area contributed by atoms with E-state index in [9.17, 15) is 43.2 Å². The van der Waals surface area contributed by atoms with Crippen LogP contribution in [0.1, 0.15) is 389 Å². The lowest BCUT2D eigenvalue weighted by atomic mass is 9.99. The minimum absolute atomic E-state index is 0.105. The topological polar surface area (TPSA) is 237 Å². The molecule has 0 aromatic rings. The van der Waals surface area contributed by atoms with Gasteiger partial charge in [-0.1, -0.05) is 338 Å². The van der Waals surface area contributed by atoms with Crippen molar-refractivity contribution < 1.29 is 80.2 Å². The summed E-state index contributed by atoms with van der Waals surface area (Å²) in [7, 11) is -9.92. The van der Waals surface area contributed by atoms with Gasteiger partial charge in [0.2, 0.25) is 0 Å². The monoisotopic (exact) mass is 1410 g/mol. The Hall–Kier alpha value is -1.94. The number of hydrogen-bond acceptors (Lipinski definition) is 15. The molecule has 96 heavy (non-hydrogen) atoms.